The third-order valence-corrected chi connectivity index (χ3v) is 2.93. The summed E-state index contributed by atoms with van der Waals surface area (Å²) >= 11 is 0. The molecule has 0 heterocycles. The third kappa shape index (κ3) is 6.11. The van der Waals surface area contributed by atoms with Gasteiger partial charge >= 0.3 is 5.97 Å². The van der Waals surface area contributed by atoms with E-state index in [0.29, 0.717) is 6.61 Å². The van der Waals surface area contributed by atoms with Crippen LogP contribution < -0.4 is 5.32 Å². The molecular formula is C13H27NO2. The molecule has 0 spiro atoms. The Balaban J connectivity index is 4.17. The SMILES string of the molecule is CCCC(NCC(C)(C)CC)C(=O)OCC. The molecule has 0 radical (unpaired) electrons. The average molecular weight is 229 g/mol. The van der Waals surface area contributed by atoms with Crippen molar-refractivity contribution in [3.63, 3.8) is 0 Å². The van der Waals surface area contributed by atoms with Crippen LogP contribution >= 0.6 is 0 Å². The van der Waals surface area contributed by atoms with Gasteiger partial charge in [-0.3, -0.25) is 4.79 Å². The highest BCUT2D eigenvalue weighted by Crippen LogP contribution is 2.18. The number of carbonyl (C=O) groups is 1. The van der Waals surface area contributed by atoms with Gasteiger partial charge in [0.25, 0.3) is 0 Å². The van der Waals surface area contributed by atoms with Gasteiger partial charge in [-0.05, 0) is 25.2 Å². The first-order valence-electron chi connectivity index (χ1n) is 6.36. The van der Waals surface area contributed by atoms with E-state index in [2.05, 4.69) is 33.0 Å². The number of hydrogen-bond acceptors (Lipinski definition) is 3. The summed E-state index contributed by atoms with van der Waals surface area (Å²) in [4.78, 5) is 11.7. The van der Waals surface area contributed by atoms with E-state index >= 15 is 0 Å². The molecule has 0 aromatic heterocycles. The first-order chi connectivity index (χ1) is 7.46. The second-order valence-corrected chi connectivity index (χ2v) is 4.99. The van der Waals surface area contributed by atoms with E-state index in [0.717, 1.165) is 25.8 Å². The van der Waals surface area contributed by atoms with Crippen LogP contribution in [-0.4, -0.2) is 25.2 Å². The lowest BCUT2D eigenvalue weighted by molar-refractivity contribution is -0.146. The smallest absolute Gasteiger partial charge is 0.323 e. The molecule has 1 atom stereocenters. The van der Waals surface area contributed by atoms with E-state index in [1.807, 2.05) is 6.92 Å². The zero-order valence-electron chi connectivity index (χ0n) is 11.4. The van der Waals surface area contributed by atoms with Gasteiger partial charge in [-0.25, -0.2) is 0 Å². The van der Waals surface area contributed by atoms with Gasteiger partial charge in [0.1, 0.15) is 6.04 Å². The summed E-state index contributed by atoms with van der Waals surface area (Å²) in [6.07, 6.45) is 2.93. The van der Waals surface area contributed by atoms with Crippen LogP contribution in [-0.2, 0) is 9.53 Å². The van der Waals surface area contributed by atoms with Gasteiger partial charge in [0.2, 0.25) is 0 Å². The zero-order chi connectivity index (χ0) is 12.6. The largest absolute Gasteiger partial charge is 0.465 e. The number of rotatable bonds is 8. The highest BCUT2D eigenvalue weighted by atomic mass is 16.5. The number of esters is 1. The number of hydrogen-bond donors (Lipinski definition) is 1. The summed E-state index contributed by atoms with van der Waals surface area (Å²) in [5, 5.41) is 3.32. The van der Waals surface area contributed by atoms with Gasteiger partial charge in [0, 0.05) is 6.54 Å². The molecule has 0 aromatic rings. The first kappa shape index (κ1) is 15.4. The molecule has 3 nitrogen and oxygen atoms in total. The summed E-state index contributed by atoms with van der Waals surface area (Å²) < 4.78 is 5.05. The summed E-state index contributed by atoms with van der Waals surface area (Å²) in [6.45, 7) is 11.8. The normalized spacial score (nSPS) is 13.6. The van der Waals surface area contributed by atoms with Crippen LogP contribution in [0.25, 0.3) is 0 Å². The van der Waals surface area contributed by atoms with Crippen molar-refractivity contribution in [2.75, 3.05) is 13.2 Å². The van der Waals surface area contributed by atoms with Crippen molar-refractivity contribution in [3.8, 4) is 0 Å². The Kier molecular flexibility index (Phi) is 7.39. The molecule has 0 rings (SSSR count). The molecule has 0 aliphatic rings. The van der Waals surface area contributed by atoms with Crippen LogP contribution in [0, 0.1) is 5.41 Å². The predicted molar refractivity (Wildman–Crippen MR) is 67.4 cm³/mol. The van der Waals surface area contributed by atoms with Crippen LogP contribution in [0.4, 0.5) is 0 Å². The van der Waals surface area contributed by atoms with E-state index in [9.17, 15) is 4.79 Å². The molecular weight excluding hydrogens is 202 g/mol. The Hall–Kier alpha value is -0.570. The third-order valence-electron chi connectivity index (χ3n) is 2.93. The Morgan fingerprint density at radius 3 is 2.38 bits per heavy atom. The van der Waals surface area contributed by atoms with Crippen molar-refractivity contribution in [3.05, 3.63) is 0 Å². The highest BCUT2D eigenvalue weighted by Gasteiger charge is 2.22. The molecule has 0 aliphatic carbocycles. The molecule has 0 aliphatic heterocycles. The second kappa shape index (κ2) is 7.66. The van der Waals surface area contributed by atoms with Crippen LogP contribution in [0.15, 0.2) is 0 Å². The molecule has 0 saturated carbocycles. The molecule has 96 valence electrons. The molecule has 16 heavy (non-hydrogen) atoms. The Bertz CT molecular complexity index is 202. The Labute approximate surface area is 99.9 Å². The van der Waals surface area contributed by atoms with Crippen molar-refractivity contribution in [1.82, 2.24) is 5.32 Å². The van der Waals surface area contributed by atoms with E-state index < -0.39 is 0 Å². The Morgan fingerprint density at radius 1 is 1.31 bits per heavy atom. The van der Waals surface area contributed by atoms with Gasteiger partial charge in [0.05, 0.1) is 6.61 Å². The van der Waals surface area contributed by atoms with E-state index in [4.69, 9.17) is 4.74 Å². The summed E-state index contributed by atoms with van der Waals surface area (Å²) in [7, 11) is 0. The van der Waals surface area contributed by atoms with E-state index in [1.165, 1.54) is 0 Å². The summed E-state index contributed by atoms with van der Waals surface area (Å²) in [6, 6.07) is -0.143. The molecule has 0 saturated heterocycles. The highest BCUT2D eigenvalue weighted by molar-refractivity contribution is 5.75. The maximum atomic E-state index is 11.7. The predicted octanol–water partition coefficient (Wildman–Crippen LogP) is 2.74. The summed E-state index contributed by atoms with van der Waals surface area (Å²) in [5.74, 6) is -0.115. The lowest BCUT2D eigenvalue weighted by atomic mass is 9.90. The maximum absolute atomic E-state index is 11.7. The van der Waals surface area contributed by atoms with Crippen molar-refractivity contribution < 1.29 is 9.53 Å². The second-order valence-electron chi connectivity index (χ2n) is 4.99. The fourth-order valence-corrected chi connectivity index (χ4v) is 1.36. The summed E-state index contributed by atoms with van der Waals surface area (Å²) in [5.41, 5.74) is 0.235. The minimum Gasteiger partial charge on any atom is -0.465 e. The minimum absolute atomic E-state index is 0.115. The van der Waals surface area contributed by atoms with Gasteiger partial charge in [-0.15, -0.1) is 0 Å². The zero-order valence-corrected chi connectivity index (χ0v) is 11.4. The molecule has 0 aromatic carbocycles. The topological polar surface area (TPSA) is 38.3 Å². The monoisotopic (exact) mass is 229 g/mol. The van der Waals surface area contributed by atoms with Gasteiger partial charge < -0.3 is 10.1 Å². The molecule has 1 unspecified atom stereocenters. The van der Waals surface area contributed by atoms with E-state index in [-0.39, 0.29) is 17.4 Å². The van der Waals surface area contributed by atoms with Crippen LogP contribution in [0.2, 0.25) is 0 Å². The molecule has 0 amide bonds. The molecule has 1 N–H and O–H groups in total. The number of nitrogens with one attached hydrogen (secondary N) is 1. The molecule has 3 heteroatoms. The van der Waals surface area contributed by atoms with Gasteiger partial charge in [-0.2, -0.15) is 0 Å². The van der Waals surface area contributed by atoms with Crippen molar-refractivity contribution in [1.29, 1.82) is 0 Å². The first-order valence-corrected chi connectivity index (χ1v) is 6.36. The van der Waals surface area contributed by atoms with Crippen molar-refractivity contribution in [2.24, 2.45) is 5.41 Å². The fraction of sp³-hybridized carbons (Fsp3) is 0.923. The average Bonchev–Trinajstić information content (AvgIpc) is 2.24. The molecule has 0 bridgehead atoms. The van der Waals surface area contributed by atoms with Crippen LogP contribution in [0.5, 0.6) is 0 Å². The van der Waals surface area contributed by atoms with Crippen LogP contribution in [0.1, 0.15) is 53.9 Å². The van der Waals surface area contributed by atoms with Gasteiger partial charge in [0.15, 0.2) is 0 Å². The molecule has 0 fully saturated rings. The Morgan fingerprint density at radius 2 is 1.94 bits per heavy atom. The minimum atomic E-state index is -0.143. The van der Waals surface area contributed by atoms with Crippen molar-refractivity contribution >= 4 is 5.97 Å². The number of carbonyl (C=O) groups excluding carboxylic acids is 1. The van der Waals surface area contributed by atoms with E-state index in [1.54, 1.807) is 0 Å². The lowest BCUT2D eigenvalue weighted by Crippen LogP contribution is -2.42. The van der Waals surface area contributed by atoms with Crippen molar-refractivity contribution in [2.45, 2.75) is 59.9 Å². The quantitative estimate of drug-likeness (QED) is 0.650. The lowest BCUT2D eigenvalue weighted by Gasteiger charge is -2.26. The standard InChI is InChI=1S/C13H27NO2/c1-6-9-11(12(15)16-8-3)14-10-13(4,5)7-2/h11,14H,6-10H2,1-5H3. The van der Waals surface area contributed by atoms with Crippen LogP contribution in [0.3, 0.4) is 0 Å². The fourth-order valence-electron chi connectivity index (χ4n) is 1.36. The number of ether oxygens (including phenoxy) is 1. The maximum Gasteiger partial charge on any atom is 0.323 e. The van der Waals surface area contributed by atoms with Gasteiger partial charge in [-0.1, -0.05) is 34.1 Å².